The Hall–Kier alpha value is -2.70. The molecule has 1 N–H and O–H groups in total. The molecule has 0 atom stereocenters. The number of aryl methyl sites for hydroxylation is 1. The number of nitrogens with one attached hydrogen (secondary N) is 1. The van der Waals surface area contributed by atoms with Gasteiger partial charge in [-0.2, -0.15) is 0 Å². The summed E-state index contributed by atoms with van der Waals surface area (Å²) >= 11 is 7.79. The lowest BCUT2D eigenvalue weighted by molar-refractivity contribution is -0.117. The van der Waals surface area contributed by atoms with Crippen molar-refractivity contribution in [3.8, 4) is 10.6 Å². The third-order valence-corrected chi connectivity index (χ3v) is 6.38. The largest absolute Gasteiger partial charge is 0.324 e. The Morgan fingerprint density at radius 3 is 2.73 bits per heavy atom. The Bertz CT molecular complexity index is 1080. The van der Waals surface area contributed by atoms with Gasteiger partial charge in [-0.05, 0) is 36.6 Å². The first kappa shape index (κ1) is 20.6. The van der Waals surface area contributed by atoms with Crippen molar-refractivity contribution in [2.75, 3.05) is 16.8 Å². The Labute approximate surface area is 184 Å². The molecule has 2 aromatic carbocycles. The summed E-state index contributed by atoms with van der Waals surface area (Å²) in [7, 11) is 0. The van der Waals surface area contributed by atoms with Gasteiger partial charge in [0.15, 0.2) is 0 Å². The predicted octanol–water partition coefficient (Wildman–Crippen LogP) is 5.33. The van der Waals surface area contributed by atoms with Crippen molar-refractivity contribution < 1.29 is 9.59 Å². The zero-order valence-corrected chi connectivity index (χ0v) is 18.2. The van der Waals surface area contributed by atoms with Gasteiger partial charge in [-0.3, -0.25) is 9.59 Å². The van der Waals surface area contributed by atoms with Crippen molar-refractivity contribution in [2.24, 2.45) is 0 Å². The number of amides is 2. The summed E-state index contributed by atoms with van der Waals surface area (Å²) in [6.07, 6.45) is 2.56. The highest BCUT2D eigenvalue weighted by Crippen LogP contribution is 2.30. The van der Waals surface area contributed by atoms with Crippen molar-refractivity contribution >= 4 is 46.1 Å². The second-order valence-electron chi connectivity index (χ2n) is 7.23. The van der Waals surface area contributed by atoms with Gasteiger partial charge in [0, 0.05) is 29.6 Å². The molecule has 0 saturated carbocycles. The molecule has 0 unspecified atom stereocenters. The Balaban J connectivity index is 1.43. The van der Waals surface area contributed by atoms with Crippen LogP contribution in [-0.4, -0.2) is 23.3 Å². The van der Waals surface area contributed by atoms with Crippen LogP contribution in [0.15, 0.2) is 47.8 Å². The lowest BCUT2D eigenvalue weighted by Crippen LogP contribution is -2.24. The summed E-state index contributed by atoms with van der Waals surface area (Å²) in [5.41, 5.74) is 4.31. The fourth-order valence-electron chi connectivity index (χ4n) is 3.46. The van der Waals surface area contributed by atoms with E-state index in [2.05, 4.69) is 41.5 Å². The first-order chi connectivity index (χ1) is 14.5. The molecule has 7 heteroatoms. The lowest BCUT2D eigenvalue weighted by atomic mass is 10.1. The lowest BCUT2D eigenvalue weighted by Gasteiger charge is -2.17. The average Bonchev–Trinajstić information content (AvgIpc) is 3.39. The van der Waals surface area contributed by atoms with E-state index in [0.29, 0.717) is 29.4 Å². The number of benzene rings is 2. The Morgan fingerprint density at radius 2 is 2.03 bits per heavy atom. The minimum atomic E-state index is -0.194. The number of nitrogens with zero attached hydrogens (tertiary/aromatic N) is 2. The molecule has 0 radical (unpaired) electrons. The molecule has 0 aliphatic carbocycles. The third kappa shape index (κ3) is 4.55. The predicted molar refractivity (Wildman–Crippen MR) is 122 cm³/mol. The highest BCUT2D eigenvalue weighted by Gasteiger charge is 2.22. The molecule has 3 aromatic rings. The topological polar surface area (TPSA) is 62.3 Å². The minimum Gasteiger partial charge on any atom is -0.324 e. The van der Waals surface area contributed by atoms with E-state index in [1.54, 1.807) is 23.1 Å². The van der Waals surface area contributed by atoms with Gasteiger partial charge < -0.3 is 10.2 Å². The quantitative estimate of drug-likeness (QED) is 0.564. The van der Waals surface area contributed by atoms with Crippen LogP contribution in [0.2, 0.25) is 5.02 Å². The first-order valence-electron chi connectivity index (χ1n) is 9.97. The molecule has 5 nitrogen and oxygen atoms in total. The number of carbonyl (C=O) groups excluding carboxylic acids is 2. The molecule has 0 bridgehead atoms. The molecule has 4 rings (SSSR count). The maximum atomic E-state index is 12.6. The highest BCUT2D eigenvalue weighted by atomic mass is 35.5. The van der Waals surface area contributed by atoms with Gasteiger partial charge in [0.05, 0.1) is 22.8 Å². The van der Waals surface area contributed by atoms with Gasteiger partial charge in [-0.15, -0.1) is 11.3 Å². The SMILES string of the molecule is CCc1ccc(-c2nc(CC(=O)Nc3cc(N4CCCC4=O)ccc3Cl)cs2)cc1. The molecule has 0 spiro atoms. The second kappa shape index (κ2) is 8.98. The molecule has 1 fully saturated rings. The van der Waals surface area contributed by atoms with Crippen LogP contribution in [0.25, 0.3) is 10.6 Å². The third-order valence-electron chi connectivity index (χ3n) is 5.11. The summed E-state index contributed by atoms with van der Waals surface area (Å²) in [5, 5.41) is 6.10. The number of hydrogen-bond donors (Lipinski definition) is 1. The van der Waals surface area contributed by atoms with Crippen LogP contribution in [0.3, 0.4) is 0 Å². The zero-order valence-electron chi connectivity index (χ0n) is 16.7. The van der Waals surface area contributed by atoms with Crippen molar-refractivity contribution in [2.45, 2.75) is 32.6 Å². The van der Waals surface area contributed by atoms with Crippen LogP contribution in [0.5, 0.6) is 0 Å². The fourth-order valence-corrected chi connectivity index (χ4v) is 4.45. The summed E-state index contributed by atoms with van der Waals surface area (Å²) in [4.78, 5) is 30.9. The van der Waals surface area contributed by atoms with Crippen molar-refractivity contribution in [3.05, 3.63) is 64.1 Å². The second-order valence-corrected chi connectivity index (χ2v) is 8.50. The van der Waals surface area contributed by atoms with Crippen LogP contribution < -0.4 is 10.2 Å². The summed E-state index contributed by atoms with van der Waals surface area (Å²) < 4.78 is 0. The summed E-state index contributed by atoms with van der Waals surface area (Å²) in [6, 6.07) is 13.6. The van der Waals surface area contributed by atoms with Gasteiger partial charge in [-0.1, -0.05) is 42.8 Å². The number of rotatable bonds is 6. The van der Waals surface area contributed by atoms with E-state index in [4.69, 9.17) is 11.6 Å². The van der Waals surface area contributed by atoms with Crippen LogP contribution in [0, 0.1) is 0 Å². The standard InChI is InChI=1S/C23H22ClN3O2S/c1-2-15-5-7-16(8-6-15)23-25-17(14-30-23)12-21(28)26-20-13-18(9-10-19(20)24)27-11-3-4-22(27)29/h5-10,13-14H,2-4,11-12H2,1H3,(H,26,28). The Morgan fingerprint density at radius 1 is 1.23 bits per heavy atom. The van der Waals surface area contributed by atoms with Gasteiger partial charge in [0.25, 0.3) is 0 Å². The summed E-state index contributed by atoms with van der Waals surface area (Å²) in [5.74, 6) is -0.100. The van der Waals surface area contributed by atoms with Crippen LogP contribution >= 0.6 is 22.9 Å². The van der Waals surface area contributed by atoms with Crippen LogP contribution in [-0.2, 0) is 22.4 Å². The van der Waals surface area contributed by atoms with E-state index in [9.17, 15) is 9.59 Å². The van der Waals surface area contributed by atoms with Crippen molar-refractivity contribution in [1.29, 1.82) is 0 Å². The monoisotopic (exact) mass is 439 g/mol. The average molecular weight is 440 g/mol. The Kier molecular flexibility index (Phi) is 6.16. The van der Waals surface area contributed by atoms with E-state index in [-0.39, 0.29) is 18.2 Å². The molecule has 2 amide bonds. The smallest absolute Gasteiger partial charge is 0.230 e. The number of hydrogen-bond acceptors (Lipinski definition) is 4. The molecule has 1 aliphatic heterocycles. The van der Waals surface area contributed by atoms with Crippen LogP contribution in [0.1, 0.15) is 31.0 Å². The van der Waals surface area contributed by atoms with E-state index < -0.39 is 0 Å². The number of halogens is 1. The van der Waals surface area contributed by atoms with Gasteiger partial charge in [-0.25, -0.2) is 4.98 Å². The molecule has 154 valence electrons. The van der Waals surface area contributed by atoms with E-state index in [1.165, 1.54) is 16.9 Å². The number of carbonyl (C=O) groups is 2. The highest BCUT2D eigenvalue weighted by molar-refractivity contribution is 7.13. The molecular weight excluding hydrogens is 418 g/mol. The van der Waals surface area contributed by atoms with Gasteiger partial charge >= 0.3 is 0 Å². The number of aromatic nitrogens is 1. The van der Waals surface area contributed by atoms with Crippen molar-refractivity contribution in [3.63, 3.8) is 0 Å². The number of thiazole rings is 1. The molecule has 1 aliphatic rings. The maximum Gasteiger partial charge on any atom is 0.230 e. The number of anilines is 2. The molecule has 30 heavy (non-hydrogen) atoms. The zero-order chi connectivity index (χ0) is 21.1. The first-order valence-corrected chi connectivity index (χ1v) is 11.2. The van der Waals surface area contributed by atoms with E-state index >= 15 is 0 Å². The molecule has 1 saturated heterocycles. The van der Waals surface area contributed by atoms with Gasteiger partial charge in [0.2, 0.25) is 11.8 Å². The van der Waals surface area contributed by atoms with E-state index in [0.717, 1.165) is 29.1 Å². The van der Waals surface area contributed by atoms with Gasteiger partial charge in [0.1, 0.15) is 5.01 Å². The fraction of sp³-hybridized carbons (Fsp3) is 0.261. The summed E-state index contributed by atoms with van der Waals surface area (Å²) in [6.45, 7) is 2.81. The maximum absolute atomic E-state index is 12.6. The molecule has 2 heterocycles. The van der Waals surface area contributed by atoms with Crippen molar-refractivity contribution in [1.82, 2.24) is 4.98 Å². The minimum absolute atomic E-state index is 0.0940. The van der Waals surface area contributed by atoms with Crippen LogP contribution in [0.4, 0.5) is 11.4 Å². The molecule has 1 aromatic heterocycles. The normalized spacial score (nSPS) is 13.7. The molecular formula is C23H22ClN3O2S. The van der Waals surface area contributed by atoms with E-state index in [1.807, 2.05) is 5.38 Å².